The van der Waals surface area contributed by atoms with Gasteiger partial charge in [0.25, 0.3) is 11.1 Å². The number of thioether (sulfide) groups is 2. The molecule has 0 unspecified atom stereocenters. The molecule has 10 nitrogen and oxygen atoms in total. The lowest BCUT2D eigenvalue weighted by atomic mass is 10.1. The summed E-state index contributed by atoms with van der Waals surface area (Å²) in [6.07, 6.45) is 4.10. The second-order valence-electron chi connectivity index (χ2n) is 8.63. The number of carbonyl (C=O) groups excluding carboxylic acids is 4. The molecule has 1 aromatic heterocycles. The number of H-pyrrole nitrogens is 1. The molecule has 35 heavy (non-hydrogen) atoms. The first-order valence-corrected chi connectivity index (χ1v) is 13.5. The Balaban J connectivity index is 1.70. The third kappa shape index (κ3) is 10.5. The monoisotopic (exact) mass is 523 g/mol. The van der Waals surface area contributed by atoms with Gasteiger partial charge in [-0.3, -0.25) is 25.2 Å². The van der Waals surface area contributed by atoms with Crippen LogP contribution in [0.25, 0.3) is 10.9 Å². The lowest BCUT2D eigenvalue weighted by Gasteiger charge is -2.23. The van der Waals surface area contributed by atoms with E-state index in [4.69, 9.17) is 4.74 Å². The quantitative estimate of drug-likeness (QED) is 0.302. The summed E-state index contributed by atoms with van der Waals surface area (Å²) in [5.74, 6) is -0.348. The highest BCUT2D eigenvalue weighted by atomic mass is 32.2. The summed E-state index contributed by atoms with van der Waals surface area (Å²) >= 11 is 2.25. The van der Waals surface area contributed by atoms with Crippen molar-refractivity contribution in [1.29, 1.82) is 0 Å². The van der Waals surface area contributed by atoms with Gasteiger partial charge in [0.2, 0.25) is 5.91 Å². The Morgan fingerprint density at radius 1 is 1.11 bits per heavy atom. The molecule has 0 aliphatic rings. The number of aromatic nitrogens is 1. The number of carbonyl (C=O) groups is 4. The summed E-state index contributed by atoms with van der Waals surface area (Å²) in [7, 11) is 0. The second-order valence-corrected chi connectivity index (χ2v) is 10.6. The van der Waals surface area contributed by atoms with Crippen molar-refractivity contribution in [2.45, 2.75) is 45.3 Å². The molecule has 192 valence electrons. The standard InChI is InChI=1S/C23H33N5O5S2/c1-23(2,3)33-21(31)26-18(10-12-34-4)20(30)27-28-22(32)35-14-19(29)24-11-9-15-13-25-17-8-6-5-7-16(15)17/h5-8,13,18,25H,9-12,14H2,1-4H3,(H,24,29)(H,26,31)(H,27,30)(H,28,32)/t18-/m1/s1. The summed E-state index contributed by atoms with van der Waals surface area (Å²) in [5.41, 5.74) is 5.98. The van der Waals surface area contributed by atoms with Gasteiger partial charge in [-0.2, -0.15) is 11.8 Å². The number of hydrogen-bond donors (Lipinski definition) is 5. The molecule has 0 saturated heterocycles. The van der Waals surface area contributed by atoms with Gasteiger partial charge >= 0.3 is 6.09 Å². The Bertz CT molecular complexity index is 1020. The van der Waals surface area contributed by atoms with Crippen molar-refractivity contribution in [2.24, 2.45) is 0 Å². The molecule has 1 aromatic carbocycles. The minimum Gasteiger partial charge on any atom is -0.444 e. The number of fused-ring (bicyclic) bond motifs is 1. The Morgan fingerprint density at radius 3 is 2.57 bits per heavy atom. The van der Waals surface area contributed by atoms with Crippen molar-refractivity contribution >= 4 is 57.6 Å². The Labute approximate surface area is 213 Å². The Morgan fingerprint density at radius 2 is 1.86 bits per heavy atom. The number of alkyl carbamates (subject to hydrolysis) is 1. The largest absolute Gasteiger partial charge is 0.444 e. The number of nitrogens with one attached hydrogen (secondary N) is 5. The maximum absolute atomic E-state index is 12.4. The van der Waals surface area contributed by atoms with E-state index in [0.29, 0.717) is 25.1 Å². The van der Waals surface area contributed by atoms with Gasteiger partial charge in [0.05, 0.1) is 5.75 Å². The summed E-state index contributed by atoms with van der Waals surface area (Å²) < 4.78 is 5.19. The van der Waals surface area contributed by atoms with Crippen molar-refractivity contribution in [2.75, 3.05) is 24.3 Å². The highest BCUT2D eigenvalue weighted by Gasteiger charge is 2.24. The van der Waals surface area contributed by atoms with E-state index in [1.54, 1.807) is 20.8 Å². The van der Waals surface area contributed by atoms with Gasteiger partial charge in [-0.1, -0.05) is 30.0 Å². The van der Waals surface area contributed by atoms with Crippen LogP contribution in [-0.2, 0) is 20.7 Å². The first-order valence-electron chi connectivity index (χ1n) is 11.1. The number of rotatable bonds is 10. The minimum atomic E-state index is -0.879. The number of benzene rings is 1. The molecule has 2 rings (SSSR count). The van der Waals surface area contributed by atoms with Crippen LogP contribution in [0.2, 0.25) is 0 Å². The Hall–Kier alpha value is -2.86. The number of hydrazine groups is 1. The normalized spacial score (nSPS) is 12.0. The highest BCUT2D eigenvalue weighted by molar-refractivity contribution is 8.14. The van der Waals surface area contributed by atoms with Gasteiger partial charge in [-0.25, -0.2) is 4.79 Å². The molecule has 12 heteroatoms. The summed E-state index contributed by atoms with van der Waals surface area (Å²) in [5, 5.41) is 5.82. The summed E-state index contributed by atoms with van der Waals surface area (Å²) in [4.78, 5) is 51.8. The first-order chi connectivity index (χ1) is 16.6. The molecule has 5 N–H and O–H groups in total. The van der Waals surface area contributed by atoms with Gasteiger partial charge < -0.3 is 20.4 Å². The predicted octanol–water partition coefficient (Wildman–Crippen LogP) is 2.95. The number of aromatic amines is 1. The van der Waals surface area contributed by atoms with Crippen LogP contribution in [0.4, 0.5) is 9.59 Å². The molecule has 0 aliphatic carbocycles. The molecule has 0 fully saturated rings. The molecule has 4 amide bonds. The van der Waals surface area contributed by atoms with Crippen molar-refractivity contribution < 1.29 is 23.9 Å². The van der Waals surface area contributed by atoms with Crippen LogP contribution >= 0.6 is 23.5 Å². The zero-order valence-electron chi connectivity index (χ0n) is 20.4. The van der Waals surface area contributed by atoms with Crippen LogP contribution in [0.5, 0.6) is 0 Å². The van der Waals surface area contributed by atoms with E-state index in [0.717, 1.165) is 28.2 Å². The van der Waals surface area contributed by atoms with Crippen molar-refractivity contribution in [3.8, 4) is 0 Å². The predicted molar refractivity (Wildman–Crippen MR) is 140 cm³/mol. The summed E-state index contributed by atoms with van der Waals surface area (Å²) in [6, 6.07) is 7.05. The number of amides is 4. The van der Waals surface area contributed by atoms with E-state index in [1.807, 2.05) is 36.7 Å². The van der Waals surface area contributed by atoms with Crippen LogP contribution in [0, 0.1) is 0 Å². The SMILES string of the molecule is CSCC[C@@H](NC(=O)OC(C)(C)C)C(=O)NNC(=O)SCC(=O)NCCc1c[nH]c2ccccc12. The maximum Gasteiger partial charge on any atom is 0.408 e. The average Bonchev–Trinajstić information content (AvgIpc) is 3.20. The van der Waals surface area contributed by atoms with Gasteiger partial charge in [-0.05, 0) is 57.3 Å². The van der Waals surface area contributed by atoms with Crippen molar-refractivity contribution in [3.05, 3.63) is 36.0 Å². The molecule has 0 radical (unpaired) electrons. The molecule has 1 atom stereocenters. The zero-order valence-corrected chi connectivity index (χ0v) is 22.0. The molecule has 0 saturated carbocycles. The van der Waals surface area contributed by atoms with E-state index < -0.39 is 28.9 Å². The molecule has 0 spiro atoms. The van der Waals surface area contributed by atoms with Crippen LogP contribution in [0.1, 0.15) is 32.8 Å². The zero-order chi connectivity index (χ0) is 25.8. The van der Waals surface area contributed by atoms with Gasteiger partial charge in [-0.15, -0.1) is 0 Å². The van der Waals surface area contributed by atoms with E-state index in [-0.39, 0.29) is 11.7 Å². The number of ether oxygens (including phenoxy) is 1. The van der Waals surface area contributed by atoms with Gasteiger partial charge in [0, 0.05) is 23.6 Å². The van der Waals surface area contributed by atoms with Crippen molar-refractivity contribution in [3.63, 3.8) is 0 Å². The van der Waals surface area contributed by atoms with Crippen LogP contribution in [-0.4, -0.2) is 64.1 Å². The van der Waals surface area contributed by atoms with E-state index >= 15 is 0 Å². The molecule has 1 heterocycles. The smallest absolute Gasteiger partial charge is 0.408 e. The summed E-state index contributed by atoms with van der Waals surface area (Å²) in [6.45, 7) is 5.60. The topological polar surface area (TPSA) is 141 Å². The van der Waals surface area contributed by atoms with E-state index in [2.05, 4.69) is 26.5 Å². The molecule has 0 bridgehead atoms. The lowest BCUT2D eigenvalue weighted by Crippen LogP contribution is -2.52. The maximum atomic E-state index is 12.4. The second kappa shape index (κ2) is 13.9. The fourth-order valence-electron chi connectivity index (χ4n) is 3.05. The number of hydrogen-bond acceptors (Lipinski definition) is 7. The fraction of sp³-hybridized carbons (Fsp3) is 0.478. The number of para-hydroxylation sites is 1. The van der Waals surface area contributed by atoms with E-state index in [9.17, 15) is 19.2 Å². The van der Waals surface area contributed by atoms with Gasteiger partial charge in [0.1, 0.15) is 11.6 Å². The fourth-order valence-corrected chi connectivity index (χ4v) is 4.01. The first kappa shape index (κ1) is 28.4. The van der Waals surface area contributed by atoms with Crippen LogP contribution in [0.3, 0.4) is 0 Å². The average molecular weight is 524 g/mol. The third-order valence-electron chi connectivity index (χ3n) is 4.63. The molecule has 0 aliphatic heterocycles. The molecular formula is C23H33N5O5S2. The van der Waals surface area contributed by atoms with Crippen LogP contribution in [0.15, 0.2) is 30.5 Å². The Kier molecular flexibility index (Phi) is 11.3. The van der Waals surface area contributed by atoms with E-state index in [1.165, 1.54) is 11.8 Å². The molecule has 2 aromatic rings. The third-order valence-corrected chi connectivity index (χ3v) is 6.05. The van der Waals surface area contributed by atoms with Crippen LogP contribution < -0.4 is 21.5 Å². The van der Waals surface area contributed by atoms with Crippen molar-refractivity contribution in [1.82, 2.24) is 26.5 Å². The molecular weight excluding hydrogens is 490 g/mol. The van der Waals surface area contributed by atoms with Gasteiger partial charge in [0.15, 0.2) is 0 Å². The minimum absolute atomic E-state index is 0.0956. The highest BCUT2D eigenvalue weighted by Crippen LogP contribution is 2.17. The lowest BCUT2D eigenvalue weighted by molar-refractivity contribution is -0.124.